The summed E-state index contributed by atoms with van der Waals surface area (Å²) in [4.78, 5) is 2.36. The lowest BCUT2D eigenvalue weighted by molar-refractivity contribution is 0.670. The Hall–Kier alpha value is -6.38. The van der Waals surface area contributed by atoms with Gasteiger partial charge in [-0.25, -0.2) is 0 Å². The molecule has 2 nitrogen and oxygen atoms in total. The summed E-state index contributed by atoms with van der Waals surface area (Å²) in [5, 5.41) is 4.61. The van der Waals surface area contributed by atoms with Crippen LogP contribution in [0.2, 0.25) is 0 Å². The summed E-state index contributed by atoms with van der Waals surface area (Å²) in [5.41, 5.74) is 11.9. The van der Waals surface area contributed by atoms with E-state index in [0.717, 1.165) is 50.1 Å². The Morgan fingerprint density at radius 3 is 1.35 bits per heavy atom. The zero-order valence-corrected chi connectivity index (χ0v) is 26.3. The molecule has 0 N–H and O–H groups in total. The van der Waals surface area contributed by atoms with E-state index in [1.165, 1.54) is 33.0 Å². The molecule has 0 saturated heterocycles. The SMILES string of the molecule is c1ccc(-c2ccc(N(c3ccc(-c4ccccc4)cc3)c3ccc4c(oc5cc6ccccc6cc54)c3-c3ccccc3)cc2)cc1. The molecule has 0 saturated carbocycles. The van der Waals surface area contributed by atoms with E-state index in [4.69, 9.17) is 4.42 Å². The third kappa shape index (κ3) is 4.92. The Balaban J connectivity index is 1.28. The lowest BCUT2D eigenvalue weighted by Crippen LogP contribution is -2.11. The molecule has 0 amide bonds. The predicted octanol–water partition coefficient (Wildman–Crippen LogP) is 13.2. The third-order valence-electron chi connectivity index (χ3n) is 9.25. The molecule has 1 heterocycles. The first-order chi connectivity index (χ1) is 23.8. The van der Waals surface area contributed by atoms with Crippen LogP contribution in [0.25, 0.3) is 66.1 Å². The van der Waals surface area contributed by atoms with E-state index in [9.17, 15) is 0 Å². The molecule has 1 aromatic heterocycles. The molecule has 0 fully saturated rings. The highest BCUT2D eigenvalue weighted by molar-refractivity contribution is 6.15. The number of anilines is 3. The maximum absolute atomic E-state index is 6.84. The molecule has 2 heteroatoms. The molecule has 0 unspecified atom stereocenters. The quantitative estimate of drug-likeness (QED) is 0.185. The third-order valence-corrected chi connectivity index (χ3v) is 9.25. The maximum Gasteiger partial charge on any atom is 0.145 e. The van der Waals surface area contributed by atoms with Gasteiger partial charge in [-0.2, -0.15) is 0 Å². The van der Waals surface area contributed by atoms with Crippen molar-refractivity contribution in [3.8, 4) is 33.4 Å². The molecule has 0 radical (unpaired) electrons. The molecule has 0 aliphatic heterocycles. The largest absolute Gasteiger partial charge is 0.455 e. The van der Waals surface area contributed by atoms with E-state index >= 15 is 0 Å². The highest BCUT2D eigenvalue weighted by Gasteiger charge is 2.23. The van der Waals surface area contributed by atoms with Gasteiger partial charge in [0.2, 0.25) is 0 Å². The van der Waals surface area contributed by atoms with Gasteiger partial charge >= 0.3 is 0 Å². The zero-order valence-electron chi connectivity index (χ0n) is 26.3. The summed E-state index contributed by atoms with van der Waals surface area (Å²) in [6, 6.07) is 66.8. The summed E-state index contributed by atoms with van der Waals surface area (Å²) < 4.78 is 6.84. The van der Waals surface area contributed by atoms with Gasteiger partial charge in [0.1, 0.15) is 11.2 Å². The van der Waals surface area contributed by atoms with Gasteiger partial charge in [-0.3, -0.25) is 0 Å². The van der Waals surface area contributed by atoms with E-state index < -0.39 is 0 Å². The first kappa shape index (κ1) is 27.9. The molecular weight excluding hydrogens is 583 g/mol. The molecular formula is C46H31NO. The molecule has 0 aliphatic carbocycles. The van der Waals surface area contributed by atoms with Gasteiger partial charge in [-0.1, -0.05) is 140 Å². The summed E-state index contributed by atoms with van der Waals surface area (Å²) in [7, 11) is 0. The number of benzene rings is 8. The highest BCUT2D eigenvalue weighted by Crippen LogP contribution is 2.47. The zero-order chi connectivity index (χ0) is 31.9. The van der Waals surface area contributed by atoms with Crippen molar-refractivity contribution in [1.82, 2.24) is 0 Å². The Morgan fingerprint density at radius 2 is 0.812 bits per heavy atom. The fourth-order valence-corrected chi connectivity index (χ4v) is 6.88. The average molecular weight is 614 g/mol. The van der Waals surface area contributed by atoms with Gasteiger partial charge in [0.25, 0.3) is 0 Å². The first-order valence-corrected chi connectivity index (χ1v) is 16.3. The number of furan rings is 1. The van der Waals surface area contributed by atoms with Crippen molar-refractivity contribution in [2.24, 2.45) is 0 Å². The maximum atomic E-state index is 6.84. The van der Waals surface area contributed by atoms with Crippen LogP contribution in [0.5, 0.6) is 0 Å². The topological polar surface area (TPSA) is 16.4 Å². The van der Waals surface area contributed by atoms with E-state index in [2.05, 4.69) is 193 Å². The lowest BCUT2D eigenvalue weighted by atomic mass is 9.97. The van der Waals surface area contributed by atoms with Gasteiger partial charge in [0, 0.05) is 27.7 Å². The minimum Gasteiger partial charge on any atom is -0.455 e. The second-order valence-electron chi connectivity index (χ2n) is 12.2. The van der Waals surface area contributed by atoms with Crippen LogP contribution in [0.1, 0.15) is 0 Å². The van der Waals surface area contributed by atoms with Crippen molar-refractivity contribution in [2.75, 3.05) is 4.90 Å². The van der Waals surface area contributed by atoms with Gasteiger partial charge in [-0.05, 0) is 87.1 Å². The van der Waals surface area contributed by atoms with Crippen molar-refractivity contribution < 1.29 is 4.42 Å². The van der Waals surface area contributed by atoms with Gasteiger partial charge in [-0.15, -0.1) is 0 Å². The predicted molar refractivity (Wildman–Crippen MR) is 202 cm³/mol. The van der Waals surface area contributed by atoms with Crippen molar-refractivity contribution in [1.29, 1.82) is 0 Å². The van der Waals surface area contributed by atoms with Gasteiger partial charge < -0.3 is 9.32 Å². The standard InChI is InChI=1S/C46H31NO/c1-4-12-32(13-5-1)34-20-24-39(25-21-34)47(40-26-22-35(23-27-40)33-14-6-2-7-15-33)43-29-28-41-42-30-37-18-10-11-19-38(37)31-44(42)48-46(41)45(43)36-16-8-3-9-17-36/h1-31H. The Labute approximate surface area is 279 Å². The van der Waals surface area contributed by atoms with Crippen LogP contribution in [0.4, 0.5) is 17.1 Å². The van der Waals surface area contributed by atoms with Crippen molar-refractivity contribution in [3.05, 3.63) is 188 Å². The number of nitrogens with zero attached hydrogens (tertiary/aromatic N) is 1. The molecule has 8 aromatic carbocycles. The van der Waals surface area contributed by atoms with Gasteiger partial charge in [0.15, 0.2) is 0 Å². The summed E-state index contributed by atoms with van der Waals surface area (Å²) in [6.07, 6.45) is 0. The van der Waals surface area contributed by atoms with Crippen LogP contribution in [0.3, 0.4) is 0 Å². The van der Waals surface area contributed by atoms with E-state index in [0.29, 0.717) is 0 Å². The smallest absolute Gasteiger partial charge is 0.145 e. The van der Waals surface area contributed by atoms with Crippen LogP contribution in [-0.2, 0) is 0 Å². The second kappa shape index (κ2) is 11.8. The average Bonchev–Trinajstić information content (AvgIpc) is 3.52. The van der Waals surface area contributed by atoms with Crippen LogP contribution in [0.15, 0.2) is 192 Å². The molecule has 9 aromatic rings. The second-order valence-corrected chi connectivity index (χ2v) is 12.2. The van der Waals surface area contributed by atoms with Crippen molar-refractivity contribution in [2.45, 2.75) is 0 Å². The minimum atomic E-state index is 0.885. The van der Waals surface area contributed by atoms with Crippen LogP contribution in [0, 0.1) is 0 Å². The molecule has 9 rings (SSSR count). The normalized spacial score (nSPS) is 11.3. The van der Waals surface area contributed by atoms with Crippen molar-refractivity contribution in [3.63, 3.8) is 0 Å². The Bertz CT molecular complexity index is 2430. The molecule has 0 aliphatic rings. The fraction of sp³-hybridized carbons (Fsp3) is 0. The number of hydrogen-bond acceptors (Lipinski definition) is 2. The van der Waals surface area contributed by atoms with E-state index in [-0.39, 0.29) is 0 Å². The van der Waals surface area contributed by atoms with E-state index in [1.807, 2.05) is 0 Å². The molecule has 226 valence electrons. The molecule has 0 atom stereocenters. The van der Waals surface area contributed by atoms with Crippen molar-refractivity contribution >= 4 is 49.8 Å². The number of hydrogen-bond donors (Lipinski definition) is 0. The molecule has 0 spiro atoms. The number of fused-ring (bicyclic) bond motifs is 4. The van der Waals surface area contributed by atoms with E-state index in [1.54, 1.807) is 0 Å². The summed E-state index contributed by atoms with van der Waals surface area (Å²) in [5.74, 6) is 0. The monoisotopic (exact) mass is 613 g/mol. The highest BCUT2D eigenvalue weighted by atomic mass is 16.3. The summed E-state index contributed by atoms with van der Waals surface area (Å²) in [6.45, 7) is 0. The Kier molecular flexibility index (Phi) is 6.84. The molecule has 48 heavy (non-hydrogen) atoms. The Morgan fingerprint density at radius 1 is 0.354 bits per heavy atom. The van der Waals surface area contributed by atoms with Crippen LogP contribution in [-0.4, -0.2) is 0 Å². The van der Waals surface area contributed by atoms with Crippen LogP contribution < -0.4 is 4.90 Å². The fourth-order valence-electron chi connectivity index (χ4n) is 6.88. The van der Waals surface area contributed by atoms with Crippen LogP contribution >= 0.6 is 0 Å². The minimum absolute atomic E-state index is 0.885. The lowest BCUT2D eigenvalue weighted by Gasteiger charge is -2.28. The molecule has 0 bridgehead atoms. The number of rotatable bonds is 6. The summed E-state index contributed by atoms with van der Waals surface area (Å²) >= 11 is 0. The first-order valence-electron chi connectivity index (χ1n) is 16.3. The van der Waals surface area contributed by atoms with Gasteiger partial charge in [0.05, 0.1) is 5.69 Å².